The lowest BCUT2D eigenvalue weighted by Gasteiger charge is -2.08. The van der Waals surface area contributed by atoms with Crippen LogP contribution in [0.25, 0.3) is 0 Å². The third kappa shape index (κ3) is 24.6. The van der Waals surface area contributed by atoms with Crippen molar-refractivity contribution in [1.29, 1.82) is 0 Å². The number of rotatable bonds is 1. The van der Waals surface area contributed by atoms with Crippen molar-refractivity contribution in [3.05, 3.63) is 12.7 Å². The molecule has 0 aliphatic rings. The predicted octanol–water partition coefficient (Wildman–Crippen LogP) is 4.08. The lowest BCUT2D eigenvalue weighted by Crippen LogP contribution is -2.20. The van der Waals surface area contributed by atoms with Crippen LogP contribution in [0, 0.1) is 0 Å². The normalized spacial score (nSPS) is 11.6. The Hall–Kier alpha value is -0.680. The van der Waals surface area contributed by atoms with Crippen molar-refractivity contribution >= 4 is 0 Å². The second kappa shape index (κ2) is 5.88. The predicted molar refractivity (Wildman–Crippen MR) is 37.2 cm³/mol. The van der Waals surface area contributed by atoms with Gasteiger partial charge < -0.3 is 0 Å². The lowest BCUT2D eigenvalue weighted by atomic mass is 10.4. The first-order chi connectivity index (χ1) is 5.62. The van der Waals surface area contributed by atoms with Crippen molar-refractivity contribution in [2.24, 2.45) is 0 Å². The molecule has 0 fully saturated rings. The van der Waals surface area contributed by atoms with E-state index < -0.39 is 18.8 Å². The summed E-state index contributed by atoms with van der Waals surface area (Å²) in [5.74, 6) is 0. The highest BCUT2D eigenvalue weighted by Gasteiger charge is 2.43. The summed E-state index contributed by atoms with van der Waals surface area (Å²) in [7, 11) is 0. The SMILES string of the molecule is C=CCC.FC(F)(F)CC(F)(F)F. The fraction of sp³-hybridized carbons (Fsp3) is 0.714. The molecule has 0 aromatic carbocycles. The maximum absolute atomic E-state index is 10.8. The minimum atomic E-state index is -5.14. The van der Waals surface area contributed by atoms with Gasteiger partial charge in [-0.2, -0.15) is 26.3 Å². The van der Waals surface area contributed by atoms with Gasteiger partial charge in [-0.1, -0.05) is 13.0 Å². The van der Waals surface area contributed by atoms with E-state index in [4.69, 9.17) is 0 Å². The van der Waals surface area contributed by atoms with E-state index in [0.29, 0.717) is 0 Å². The Morgan fingerprint density at radius 3 is 1.23 bits per heavy atom. The summed E-state index contributed by atoms with van der Waals surface area (Å²) in [6.45, 7) is 5.54. The van der Waals surface area contributed by atoms with Gasteiger partial charge in [0.15, 0.2) is 0 Å². The summed E-state index contributed by atoms with van der Waals surface area (Å²) in [6.07, 6.45) is -10.0. The second-order valence-electron chi connectivity index (χ2n) is 2.10. The molecular formula is C7H10F6. The Balaban J connectivity index is 0. The molecule has 0 saturated heterocycles. The summed E-state index contributed by atoms with van der Waals surface area (Å²) in [5.41, 5.74) is 0. The Kier molecular flexibility index (Phi) is 6.70. The van der Waals surface area contributed by atoms with Gasteiger partial charge in [-0.05, 0) is 6.42 Å². The molecule has 6 heteroatoms. The van der Waals surface area contributed by atoms with Crippen LogP contribution in [-0.4, -0.2) is 12.4 Å². The quantitative estimate of drug-likeness (QED) is 0.449. The third-order valence-electron chi connectivity index (χ3n) is 0.690. The number of allylic oxidation sites excluding steroid dienone is 1. The molecular weight excluding hydrogens is 198 g/mol. The van der Waals surface area contributed by atoms with Gasteiger partial charge in [0.1, 0.15) is 6.42 Å². The Morgan fingerprint density at radius 2 is 1.23 bits per heavy atom. The monoisotopic (exact) mass is 208 g/mol. The van der Waals surface area contributed by atoms with E-state index in [1.165, 1.54) is 0 Å². The second-order valence-corrected chi connectivity index (χ2v) is 2.10. The van der Waals surface area contributed by atoms with Gasteiger partial charge in [0.25, 0.3) is 0 Å². The molecule has 13 heavy (non-hydrogen) atoms. The molecule has 0 unspecified atom stereocenters. The smallest absolute Gasteiger partial charge is 0.171 e. The van der Waals surface area contributed by atoms with E-state index in [0.717, 1.165) is 6.42 Å². The molecule has 0 aliphatic carbocycles. The molecule has 80 valence electrons. The van der Waals surface area contributed by atoms with E-state index in [9.17, 15) is 26.3 Å². The molecule has 0 heterocycles. The maximum Gasteiger partial charge on any atom is 0.397 e. The Morgan fingerprint density at radius 1 is 1.00 bits per heavy atom. The molecule has 0 saturated carbocycles. The molecule has 0 nitrogen and oxygen atoms in total. The summed E-state index contributed by atoms with van der Waals surface area (Å²) in [6, 6.07) is 0. The van der Waals surface area contributed by atoms with Crippen LogP contribution in [-0.2, 0) is 0 Å². The Labute approximate surface area is 72.2 Å². The number of alkyl halides is 6. The van der Waals surface area contributed by atoms with Crippen LogP contribution in [0.5, 0.6) is 0 Å². The van der Waals surface area contributed by atoms with Gasteiger partial charge in [-0.25, -0.2) is 0 Å². The molecule has 0 spiro atoms. The highest BCUT2D eigenvalue weighted by molar-refractivity contribution is 4.60. The standard InChI is InChI=1S/C4H8.C3H2F6/c1-3-4-2;4-2(5,6)1-3(7,8)9/h3H,1,4H2,2H3;1H2. The fourth-order valence-electron chi connectivity index (χ4n) is 0.227. The zero-order valence-corrected chi connectivity index (χ0v) is 6.97. The van der Waals surface area contributed by atoms with Gasteiger partial charge in [-0.15, -0.1) is 6.58 Å². The van der Waals surface area contributed by atoms with Crippen molar-refractivity contribution in [1.82, 2.24) is 0 Å². The fourth-order valence-corrected chi connectivity index (χ4v) is 0.227. The molecule has 0 radical (unpaired) electrons. The molecule has 0 rings (SSSR count). The first-order valence-corrected chi connectivity index (χ1v) is 3.36. The maximum atomic E-state index is 10.8. The average molecular weight is 208 g/mol. The van der Waals surface area contributed by atoms with E-state index in [1.54, 1.807) is 0 Å². The van der Waals surface area contributed by atoms with Crippen molar-refractivity contribution in [3.8, 4) is 0 Å². The van der Waals surface area contributed by atoms with Crippen LogP contribution in [0.15, 0.2) is 12.7 Å². The molecule has 0 aromatic rings. The Bertz CT molecular complexity index is 119. The van der Waals surface area contributed by atoms with E-state index >= 15 is 0 Å². The lowest BCUT2D eigenvalue weighted by molar-refractivity contribution is -0.232. The van der Waals surface area contributed by atoms with E-state index in [1.807, 2.05) is 6.08 Å². The van der Waals surface area contributed by atoms with Gasteiger partial charge in [0.05, 0.1) is 0 Å². The van der Waals surface area contributed by atoms with Crippen LogP contribution >= 0.6 is 0 Å². The van der Waals surface area contributed by atoms with Crippen LogP contribution in [0.3, 0.4) is 0 Å². The summed E-state index contributed by atoms with van der Waals surface area (Å²) >= 11 is 0. The van der Waals surface area contributed by atoms with Crippen LogP contribution in [0.1, 0.15) is 19.8 Å². The summed E-state index contributed by atoms with van der Waals surface area (Å²) in [5, 5.41) is 0. The topological polar surface area (TPSA) is 0 Å². The van der Waals surface area contributed by atoms with Gasteiger partial charge in [-0.3, -0.25) is 0 Å². The first kappa shape index (κ1) is 14.8. The zero-order valence-electron chi connectivity index (χ0n) is 6.97. The largest absolute Gasteiger partial charge is 0.397 e. The average Bonchev–Trinajstić information content (AvgIpc) is 1.80. The van der Waals surface area contributed by atoms with Crippen molar-refractivity contribution in [2.75, 3.05) is 0 Å². The molecule has 0 amide bonds. The number of hydrogen-bond acceptors (Lipinski definition) is 0. The van der Waals surface area contributed by atoms with Gasteiger partial charge in [0, 0.05) is 0 Å². The van der Waals surface area contributed by atoms with Crippen molar-refractivity contribution in [2.45, 2.75) is 32.1 Å². The van der Waals surface area contributed by atoms with Crippen LogP contribution in [0.4, 0.5) is 26.3 Å². The third-order valence-corrected chi connectivity index (χ3v) is 0.690. The molecule has 0 aliphatic heterocycles. The first-order valence-electron chi connectivity index (χ1n) is 3.36. The van der Waals surface area contributed by atoms with Crippen molar-refractivity contribution < 1.29 is 26.3 Å². The highest BCUT2D eigenvalue weighted by atomic mass is 19.4. The van der Waals surface area contributed by atoms with E-state index in [-0.39, 0.29) is 0 Å². The number of hydrogen-bond donors (Lipinski definition) is 0. The van der Waals surface area contributed by atoms with Gasteiger partial charge in [0.2, 0.25) is 0 Å². The van der Waals surface area contributed by atoms with Gasteiger partial charge >= 0.3 is 12.4 Å². The van der Waals surface area contributed by atoms with E-state index in [2.05, 4.69) is 13.5 Å². The summed E-state index contributed by atoms with van der Waals surface area (Å²) in [4.78, 5) is 0. The summed E-state index contributed by atoms with van der Waals surface area (Å²) < 4.78 is 65.0. The minimum Gasteiger partial charge on any atom is -0.171 e. The molecule has 0 bridgehead atoms. The molecule has 0 atom stereocenters. The van der Waals surface area contributed by atoms with Crippen molar-refractivity contribution in [3.63, 3.8) is 0 Å². The van der Waals surface area contributed by atoms with Crippen LogP contribution in [0.2, 0.25) is 0 Å². The number of halogens is 6. The zero-order chi connectivity index (χ0) is 11.1. The minimum absolute atomic E-state index is 1.08. The molecule has 0 N–H and O–H groups in total. The highest BCUT2D eigenvalue weighted by Crippen LogP contribution is 2.31. The molecule has 0 aromatic heterocycles. The van der Waals surface area contributed by atoms with Crippen LogP contribution < -0.4 is 0 Å².